The van der Waals surface area contributed by atoms with Gasteiger partial charge in [0.1, 0.15) is 0 Å². The van der Waals surface area contributed by atoms with Gasteiger partial charge in [0, 0.05) is 15.7 Å². The van der Waals surface area contributed by atoms with Crippen LogP contribution in [0.4, 0.5) is 0 Å². The predicted molar refractivity (Wildman–Crippen MR) is 93.8 cm³/mol. The number of rotatable bonds is 5. The van der Waals surface area contributed by atoms with E-state index < -0.39 is 0 Å². The van der Waals surface area contributed by atoms with Gasteiger partial charge in [-0.25, -0.2) is 0 Å². The summed E-state index contributed by atoms with van der Waals surface area (Å²) in [6.07, 6.45) is 6.45. The Balaban J connectivity index is 1.61. The summed E-state index contributed by atoms with van der Waals surface area (Å²) in [5.41, 5.74) is 3.36. The van der Waals surface area contributed by atoms with Crippen molar-refractivity contribution in [1.29, 1.82) is 0 Å². The number of hydrogen-bond donors (Lipinski definition) is 0. The maximum Gasteiger partial charge on any atom is 0.159 e. The van der Waals surface area contributed by atoms with Gasteiger partial charge >= 0.3 is 0 Å². The lowest BCUT2D eigenvalue weighted by Crippen LogP contribution is -1.94. The Hall–Kier alpha value is -1.54. The fraction of sp³-hybridized carbons (Fsp3) is 0.350. The average molecular weight is 310 g/mol. The molecule has 0 radical (unpaired) electrons. The Labute approximate surface area is 137 Å². The monoisotopic (exact) mass is 310 g/mol. The summed E-state index contributed by atoms with van der Waals surface area (Å²) >= 11 is 2.03. The third-order valence-corrected chi connectivity index (χ3v) is 5.65. The minimum absolute atomic E-state index is 0.125. The number of ketones is 1. The van der Waals surface area contributed by atoms with Gasteiger partial charge in [0.15, 0.2) is 5.78 Å². The van der Waals surface area contributed by atoms with Crippen LogP contribution in [0.5, 0.6) is 0 Å². The van der Waals surface area contributed by atoms with Crippen molar-refractivity contribution >= 4 is 17.5 Å². The zero-order chi connectivity index (χ0) is 15.4. The van der Waals surface area contributed by atoms with Crippen molar-refractivity contribution in [3.63, 3.8) is 0 Å². The lowest BCUT2D eigenvalue weighted by molar-refractivity contribution is 0.101. The highest BCUT2D eigenvalue weighted by molar-refractivity contribution is 8.00. The molecule has 0 saturated heterocycles. The van der Waals surface area contributed by atoms with Crippen molar-refractivity contribution in [1.82, 2.24) is 0 Å². The quantitative estimate of drug-likeness (QED) is 0.677. The van der Waals surface area contributed by atoms with Crippen LogP contribution >= 0.6 is 11.8 Å². The van der Waals surface area contributed by atoms with Crippen LogP contribution in [0.1, 0.15) is 54.1 Å². The van der Waals surface area contributed by atoms with Crippen molar-refractivity contribution in [2.45, 2.75) is 49.2 Å². The van der Waals surface area contributed by atoms with Crippen LogP contribution in [-0.2, 0) is 6.42 Å². The van der Waals surface area contributed by atoms with Gasteiger partial charge in [-0.1, -0.05) is 49.2 Å². The molecule has 22 heavy (non-hydrogen) atoms. The van der Waals surface area contributed by atoms with Crippen molar-refractivity contribution in [2.75, 3.05) is 0 Å². The highest BCUT2D eigenvalue weighted by Crippen LogP contribution is 2.34. The molecular weight excluding hydrogens is 288 g/mol. The van der Waals surface area contributed by atoms with Crippen molar-refractivity contribution < 1.29 is 4.79 Å². The molecule has 0 heterocycles. The number of carbonyl (C=O) groups is 1. The van der Waals surface area contributed by atoms with Crippen LogP contribution in [0.2, 0.25) is 0 Å². The summed E-state index contributed by atoms with van der Waals surface area (Å²) in [6.45, 7) is 1.61. The fourth-order valence-corrected chi connectivity index (χ4v) is 4.22. The first-order valence-corrected chi connectivity index (χ1v) is 8.94. The smallest absolute Gasteiger partial charge is 0.159 e. The number of carbonyl (C=O) groups excluding carboxylic acids is 1. The summed E-state index contributed by atoms with van der Waals surface area (Å²) in [5.74, 6) is 0.125. The molecule has 0 unspecified atom stereocenters. The van der Waals surface area contributed by atoms with E-state index in [4.69, 9.17) is 0 Å². The molecule has 2 aromatic rings. The first-order valence-electron chi connectivity index (χ1n) is 8.06. The highest BCUT2D eigenvalue weighted by atomic mass is 32.2. The molecule has 1 nitrogen and oxygen atoms in total. The Bertz CT molecular complexity index is 622. The van der Waals surface area contributed by atoms with Crippen molar-refractivity contribution in [2.24, 2.45) is 0 Å². The first kappa shape index (κ1) is 15.4. The van der Waals surface area contributed by atoms with Gasteiger partial charge in [0.25, 0.3) is 0 Å². The van der Waals surface area contributed by atoms with E-state index in [1.807, 2.05) is 23.9 Å². The lowest BCUT2D eigenvalue weighted by Gasteiger charge is -2.09. The SMILES string of the molecule is CC(=O)c1ccc(Cc2ccc(SC3CCCC3)cc2)cc1. The molecule has 2 aromatic carbocycles. The Morgan fingerprint density at radius 3 is 2.05 bits per heavy atom. The van der Waals surface area contributed by atoms with E-state index in [1.54, 1.807) is 6.92 Å². The molecule has 0 N–H and O–H groups in total. The van der Waals surface area contributed by atoms with Gasteiger partial charge in [-0.05, 0) is 49.4 Å². The largest absolute Gasteiger partial charge is 0.295 e. The molecule has 1 aliphatic carbocycles. The van der Waals surface area contributed by atoms with Gasteiger partial charge in [-0.2, -0.15) is 0 Å². The molecule has 2 heteroatoms. The molecule has 114 valence electrons. The molecule has 0 aliphatic heterocycles. The molecule has 0 bridgehead atoms. The summed E-state index contributed by atoms with van der Waals surface area (Å²) in [6, 6.07) is 16.9. The van der Waals surface area contributed by atoms with E-state index in [-0.39, 0.29) is 5.78 Å². The number of hydrogen-bond acceptors (Lipinski definition) is 2. The Kier molecular flexibility index (Phi) is 4.99. The maximum absolute atomic E-state index is 11.3. The minimum Gasteiger partial charge on any atom is -0.295 e. The Morgan fingerprint density at radius 1 is 0.955 bits per heavy atom. The van der Waals surface area contributed by atoms with Crippen molar-refractivity contribution in [3.8, 4) is 0 Å². The van der Waals surface area contributed by atoms with Gasteiger partial charge in [-0.15, -0.1) is 11.8 Å². The van der Waals surface area contributed by atoms with Gasteiger partial charge in [-0.3, -0.25) is 4.79 Å². The number of benzene rings is 2. The third kappa shape index (κ3) is 4.01. The van der Waals surface area contributed by atoms with Crippen LogP contribution in [0.3, 0.4) is 0 Å². The van der Waals surface area contributed by atoms with E-state index in [0.717, 1.165) is 17.2 Å². The molecule has 1 aliphatic rings. The molecule has 0 atom stereocenters. The third-order valence-electron chi connectivity index (χ3n) is 4.30. The first-order chi connectivity index (χ1) is 10.7. The van der Waals surface area contributed by atoms with Crippen LogP contribution in [0, 0.1) is 0 Å². The molecule has 1 fully saturated rings. The average Bonchev–Trinajstić information content (AvgIpc) is 3.03. The predicted octanol–water partition coefficient (Wildman–Crippen LogP) is 5.51. The summed E-state index contributed by atoms with van der Waals surface area (Å²) < 4.78 is 0. The zero-order valence-electron chi connectivity index (χ0n) is 13.0. The van der Waals surface area contributed by atoms with Gasteiger partial charge in [0.2, 0.25) is 0 Å². The van der Waals surface area contributed by atoms with E-state index >= 15 is 0 Å². The normalized spacial score (nSPS) is 15.1. The van der Waals surface area contributed by atoms with E-state index in [1.165, 1.54) is 41.7 Å². The maximum atomic E-state index is 11.3. The Morgan fingerprint density at radius 2 is 1.50 bits per heavy atom. The van der Waals surface area contributed by atoms with Crippen LogP contribution < -0.4 is 0 Å². The van der Waals surface area contributed by atoms with Gasteiger partial charge in [0.05, 0.1) is 0 Å². The molecular formula is C20H22OS. The van der Waals surface area contributed by atoms with Crippen molar-refractivity contribution in [3.05, 3.63) is 65.2 Å². The molecule has 3 rings (SSSR count). The van der Waals surface area contributed by atoms with Gasteiger partial charge < -0.3 is 0 Å². The molecule has 0 aromatic heterocycles. The summed E-state index contributed by atoms with van der Waals surface area (Å²) in [4.78, 5) is 12.7. The second-order valence-corrected chi connectivity index (χ2v) is 7.47. The standard InChI is InChI=1S/C20H22OS/c1-15(21)18-10-6-16(7-11-18)14-17-8-12-20(13-9-17)22-19-4-2-3-5-19/h6-13,19H,2-5,14H2,1H3. The molecule has 0 spiro atoms. The van der Waals surface area contributed by atoms with Crippen LogP contribution in [-0.4, -0.2) is 11.0 Å². The van der Waals surface area contributed by atoms with E-state index in [0.29, 0.717) is 0 Å². The lowest BCUT2D eigenvalue weighted by atomic mass is 10.0. The fourth-order valence-electron chi connectivity index (χ4n) is 2.98. The number of Topliss-reactive ketones (excluding diaryl/α,β-unsaturated/α-hetero) is 1. The summed E-state index contributed by atoms with van der Waals surface area (Å²) in [7, 11) is 0. The minimum atomic E-state index is 0.125. The highest BCUT2D eigenvalue weighted by Gasteiger charge is 2.15. The topological polar surface area (TPSA) is 17.1 Å². The van der Waals surface area contributed by atoms with Crippen LogP contribution in [0.15, 0.2) is 53.4 Å². The van der Waals surface area contributed by atoms with E-state index in [2.05, 4.69) is 36.4 Å². The second-order valence-electron chi connectivity index (χ2n) is 6.10. The second kappa shape index (κ2) is 7.15. The molecule has 1 saturated carbocycles. The summed E-state index contributed by atoms with van der Waals surface area (Å²) in [5, 5.41) is 0.824. The van der Waals surface area contributed by atoms with Crippen LogP contribution in [0.25, 0.3) is 0 Å². The molecule has 0 amide bonds. The number of thioether (sulfide) groups is 1. The zero-order valence-corrected chi connectivity index (χ0v) is 13.9. The van der Waals surface area contributed by atoms with E-state index in [9.17, 15) is 4.79 Å².